The number of rotatable bonds is 6. The number of hydrogen-bond acceptors (Lipinski definition) is 7. The average molecular weight is 582 g/mol. The van der Waals surface area contributed by atoms with Crippen LogP contribution in [0.4, 0.5) is 14.5 Å². The van der Waals surface area contributed by atoms with Crippen molar-refractivity contribution >= 4 is 21.3 Å². The number of alkyl halides is 1. The van der Waals surface area contributed by atoms with Gasteiger partial charge in [0, 0.05) is 70.9 Å². The maximum Gasteiger partial charge on any atom is 0.225 e. The summed E-state index contributed by atoms with van der Waals surface area (Å²) in [6, 6.07) is 12.6. The first-order chi connectivity index (χ1) is 19.6. The molecule has 2 aromatic heterocycles. The first-order valence-electron chi connectivity index (χ1n) is 13.6. The highest BCUT2D eigenvalue weighted by Gasteiger charge is 2.54. The molecule has 0 bridgehead atoms. The zero-order valence-electron chi connectivity index (χ0n) is 23.0. The van der Waals surface area contributed by atoms with Crippen molar-refractivity contribution in [2.45, 2.75) is 38.3 Å². The highest BCUT2D eigenvalue weighted by Crippen LogP contribution is 2.54. The van der Waals surface area contributed by atoms with E-state index in [1.807, 2.05) is 24.3 Å². The summed E-state index contributed by atoms with van der Waals surface area (Å²) in [5.74, 6) is -1.89. The van der Waals surface area contributed by atoms with Crippen LogP contribution in [0.1, 0.15) is 37.8 Å². The lowest BCUT2D eigenvalue weighted by atomic mass is 9.58. The Bertz CT molecular complexity index is 1600. The Kier molecular flexibility index (Phi) is 7.83. The summed E-state index contributed by atoms with van der Waals surface area (Å²) >= 11 is 0. The van der Waals surface area contributed by atoms with E-state index in [4.69, 9.17) is 10.8 Å². The molecular weight excluding hydrogens is 548 g/mol. The van der Waals surface area contributed by atoms with Crippen molar-refractivity contribution < 1.29 is 17.8 Å². The smallest absolute Gasteiger partial charge is 0.225 e. The number of primary amides is 1. The predicted molar refractivity (Wildman–Crippen MR) is 153 cm³/mol. The number of amides is 1. The fraction of sp³-hybridized carbons (Fsp3) is 0.448. The van der Waals surface area contributed by atoms with Gasteiger partial charge in [0.25, 0.3) is 0 Å². The van der Waals surface area contributed by atoms with Crippen LogP contribution in [0.25, 0.3) is 16.9 Å². The Hall–Kier alpha value is -3.85. The average Bonchev–Trinajstić information content (AvgIpc) is 3.42. The fourth-order valence-electron chi connectivity index (χ4n) is 6.21. The number of anilines is 1. The second-order valence-corrected chi connectivity index (χ2v) is 13.5. The van der Waals surface area contributed by atoms with Crippen molar-refractivity contribution in [2.24, 2.45) is 21.4 Å². The van der Waals surface area contributed by atoms with Crippen LogP contribution in [-0.2, 0) is 14.5 Å². The van der Waals surface area contributed by atoms with Crippen LogP contribution in [0.5, 0.6) is 0 Å². The van der Waals surface area contributed by atoms with E-state index in [1.54, 1.807) is 20.2 Å². The van der Waals surface area contributed by atoms with E-state index in [-0.39, 0.29) is 25.1 Å². The maximum atomic E-state index is 14.8. The second kappa shape index (κ2) is 11.2. The van der Waals surface area contributed by atoms with Crippen molar-refractivity contribution in [3.63, 3.8) is 0 Å². The van der Waals surface area contributed by atoms with Gasteiger partial charge in [0.1, 0.15) is 6.17 Å². The van der Waals surface area contributed by atoms with Gasteiger partial charge >= 0.3 is 0 Å². The van der Waals surface area contributed by atoms with Gasteiger partial charge in [0.05, 0.1) is 23.1 Å². The molecule has 2 aliphatic rings. The number of halogens is 2. The minimum atomic E-state index is -2.15. The topological polar surface area (TPSA) is 130 Å². The van der Waals surface area contributed by atoms with Crippen LogP contribution in [-0.4, -0.2) is 62.7 Å². The molecule has 1 saturated carbocycles. The number of carbonyl (C=O) groups excluding carboxylic acids is 1. The minimum Gasteiger partial charge on any atom is -0.370 e. The van der Waals surface area contributed by atoms with Crippen molar-refractivity contribution in [3.05, 3.63) is 60.3 Å². The quantitative estimate of drug-likeness (QED) is 0.464. The van der Waals surface area contributed by atoms with Crippen LogP contribution >= 0.6 is 0 Å². The zero-order chi connectivity index (χ0) is 29.4. The monoisotopic (exact) mass is 581 g/mol. The van der Waals surface area contributed by atoms with Crippen LogP contribution < -0.4 is 10.6 Å². The summed E-state index contributed by atoms with van der Waals surface area (Å²) in [6.45, 7) is 2.83. The second-order valence-electron chi connectivity index (χ2n) is 10.8. The molecule has 216 valence electrons. The van der Waals surface area contributed by atoms with Gasteiger partial charge in [-0.1, -0.05) is 12.1 Å². The summed E-state index contributed by atoms with van der Waals surface area (Å²) in [7, 11) is -0.546. The molecule has 1 aliphatic carbocycles. The molecule has 3 heterocycles. The zero-order valence-corrected chi connectivity index (χ0v) is 23.9. The molecule has 41 heavy (non-hydrogen) atoms. The fourth-order valence-corrected chi connectivity index (χ4v) is 7.79. The lowest BCUT2D eigenvalue weighted by Gasteiger charge is -2.44. The van der Waals surface area contributed by atoms with Gasteiger partial charge in [-0.25, -0.2) is 27.0 Å². The first-order valence-corrected chi connectivity index (χ1v) is 15.5. The number of nitriles is 1. The van der Waals surface area contributed by atoms with E-state index in [2.05, 4.69) is 20.3 Å². The largest absolute Gasteiger partial charge is 0.370 e. The number of pyridine rings is 1. The molecule has 1 aliphatic heterocycles. The van der Waals surface area contributed by atoms with E-state index in [0.717, 1.165) is 11.3 Å². The lowest BCUT2D eigenvalue weighted by Crippen LogP contribution is -2.50. The molecule has 2 N–H and O–H groups in total. The number of benzene rings is 1. The van der Waals surface area contributed by atoms with E-state index in [0.29, 0.717) is 35.9 Å². The third kappa shape index (κ3) is 5.19. The van der Waals surface area contributed by atoms with Gasteiger partial charge < -0.3 is 10.6 Å². The van der Waals surface area contributed by atoms with Gasteiger partial charge in [-0.2, -0.15) is 10.4 Å². The normalized spacial score (nSPS) is 24.8. The van der Waals surface area contributed by atoms with Crippen molar-refractivity contribution in [1.82, 2.24) is 14.8 Å². The molecule has 4 atom stereocenters. The molecule has 3 unspecified atom stereocenters. The van der Waals surface area contributed by atoms with Crippen LogP contribution in [0.3, 0.4) is 0 Å². The Balaban J connectivity index is 1.60. The highest BCUT2D eigenvalue weighted by atomic mass is 32.2. The molecular formula is C29H33F2N7O2S. The standard InChI is InChI=1S/C29H33F2N7O2S/c1-19(17-32)29(28(33)39)16-21(30)7-10-24(29)26-23(18-38(36-26)27-25(31)4-3-11-35-27)20-5-8-22(9-6-20)37-12-14-41(40,34-2)15-13-37/h3-6,8-9,11,18-19,21,24H,7,10,12-16H2,1-2H3,(H2,33,39)/t19-,21?,24?,29?/m1/s1. The van der Waals surface area contributed by atoms with Gasteiger partial charge in [0.15, 0.2) is 11.6 Å². The molecule has 9 nitrogen and oxygen atoms in total. The number of aromatic nitrogens is 3. The third-order valence-corrected chi connectivity index (χ3v) is 10.9. The molecule has 0 radical (unpaired) electrons. The molecule has 12 heteroatoms. The van der Waals surface area contributed by atoms with Gasteiger partial charge in [-0.05, 0) is 56.0 Å². The summed E-state index contributed by atoms with van der Waals surface area (Å²) in [5, 5.41) is 14.6. The lowest BCUT2D eigenvalue weighted by molar-refractivity contribution is -0.135. The first kappa shape index (κ1) is 28.7. The summed E-state index contributed by atoms with van der Waals surface area (Å²) in [5.41, 5.74) is 7.21. The molecule has 2 fully saturated rings. The minimum absolute atomic E-state index is 0.0212. The van der Waals surface area contributed by atoms with Crippen LogP contribution in [0, 0.1) is 28.5 Å². The maximum absolute atomic E-state index is 14.8. The third-order valence-electron chi connectivity index (χ3n) is 8.64. The van der Waals surface area contributed by atoms with Crippen molar-refractivity contribution in [3.8, 4) is 23.0 Å². The number of nitrogens with two attached hydrogens (primary N) is 1. The van der Waals surface area contributed by atoms with Gasteiger partial charge in [0.2, 0.25) is 5.91 Å². The molecule has 3 aromatic rings. The molecule has 5 rings (SSSR count). The van der Waals surface area contributed by atoms with Gasteiger partial charge in [-0.15, -0.1) is 0 Å². The van der Waals surface area contributed by atoms with Crippen LogP contribution in [0.15, 0.2) is 53.2 Å². The van der Waals surface area contributed by atoms with Crippen LogP contribution in [0.2, 0.25) is 0 Å². The van der Waals surface area contributed by atoms with E-state index in [1.165, 1.54) is 23.0 Å². The Morgan fingerprint density at radius 3 is 2.56 bits per heavy atom. The summed E-state index contributed by atoms with van der Waals surface area (Å²) in [4.78, 5) is 19.3. The van der Waals surface area contributed by atoms with E-state index < -0.39 is 44.9 Å². The number of carbonyl (C=O) groups is 1. The van der Waals surface area contributed by atoms with Crippen molar-refractivity contribution in [2.75, 3.05) is 36.5 Å². The molecule has 0 spiro atoms. The summed E-state index contributed by atoms with van der Waals surface area (Å²) in [6.07, 6.45) is 2.07. The molecule has 1 amide bonds. The Morgan fingerprint density at radius 2 is 1.95 bits per heavy atom. The predicted octanol–water partition coefficient (Wildman–Crippen LogP) is 4.23. The van der Waals surface area contributed by atoms with Crippen molar-refractivity contribution in [1.29, 1.82) is 5.26 Å². The Labute approximate surface area is 238 Å². The highest BCUT2D eigenvalue weighted by molar-refractivity contribution is 7.93. The van der Waals surface area contributed by atoms with E-state index >= 15 is 0 Å². The Morgan fingerprint density at radius 1 is 1.24 bits per heavy atom. The SMILES string of the molecule is CN=S1(=O)CCN(c2ccc(-c3cn(-c4ncccc4F)nc3C3CCC(F)CC3(C(N)=O)[C@H](C)C#N)cc2)CC1. The number of nitrogens with zero attached hydrogens (tertiary/aromatic N) is 6. The summed E-state index contributed by atoms with van der Waals surface area (Å²) < 4.78 is 47.6. The molecule has 1 saturated heterocycles. The van der Waals surface area contributed by atoms with E-state index in [9.17, 15) is 23.0 Å². The van der Waals surface area contributed by atoms with Gasteiger partial charge in [-0.3, -0.25) is 4.79 Å². The molecule has 1 aromatic carbocycles. The number of hydrogen-bond donors (Lipinski definition) is 1.